The number of benzene rings is 2. The highest BCUT2D eigenvalue weighted by molar-refractivity contribution is 5.90. The van der Waals surface area contributed by atoms with E-state index >= 15 is 0 Å². The van der Waals surface area contributed by atoms with E-state index in [9.17, 15) is 14.3 Å². The molecule has 2 aromatic carbocycles. The number of para-hydroxylation sites is 2. The van der Waals surface area contributed by atoms with E-state index in [1.165, 1.54) is 18.2 Å². The van der Waals surface area contributed by atoms with Crippen LogP contribution in [-0.4, -0.2) is 11.1 Å². The Bertz CT molecular complexity index is 570. The molecule has 0 aliphatic rings. The summed E-state index contributed by atoms with van der Waals surface area (Å²) in [5.41, 5.74) is 1.12. The fourth-order valence-electron chi connectivity index (χ4n) is 1.53. The fraction of sp³-hybridized carbons (Fsp3) is 0.0714. The van der Waals surface area contributed by atoms with E-state index in [0.29, 0.717) is 5.69 Å². The molecular weight excluding hydrogens is 247 g/mol. The van der Waals surface area contributed by atoms with E-state index in [1.807, 2.05) is 0 Å². The molecule has 0 saturated carbocycles. The molecule has 0 aliphatic heterocycles. The average molecular weight is 260 g/mol. The summed E-state index contributed by atoms with van der Waals surface area (Å²) >= 11 is 0. The van der Waals surface area contributed by atoms with Gasteiger partial charge in [0.1, 0.15) is 11.6 Å². The highest BCUT2D eigenvalue weighted by atomic mass is 19.1. The van der Waals surface area contributed by atoms with Crippen molar-refractivity contribution in [1.29, 1.82) is 0 Å². The van der Waals surface area contributed by atoms with Crippen molar-refractivity contribution < 1.29 is 14.3 Å². The number of halogens is 1. The van der Waals surface area contributed by atoms with Gasteiger partial charge in [0.15, 0.2) is 0 Å². The molecule has 0 saturated heterocycles. The second kappa shape index (κ2) is 5.86. The first-order valence-corrected chi connectivity index (χ1v) is 5.72. The molecule has 0 heterocycles. The normalized spacial score (nSPS) is 9.95. The molecule has 0 atom stereocenters. The van der Waals surface area contributed by atoms with Gasteiger partial charge in [0.2, 0.25) is 0 Å². The predicted molar refractivity (Wildman–Crippen MR) is 70.4 cm³/mol. The number of hydrogen-bond acceptors (Lipinski definition) is 2. The van der Waals surface area contributed by atoms with Crippen LogP contribution >= 0.6 is 0 Å². The quantitative estimate of drug-likeness (QED) is 0.743. The van der Waals surface area contributed by atoms with Crippen molar-refractivity contribution >= 4 is 11.7 Å². The molecule has 0 spiro atoms. The zero-order valence-electron chi connectivity index (χ0n) is 10.1. The van der Waals surface area contributed by atoms with Crippen molar-refractivity contribution in [3.8, 4) is 5.75 Å². The lowest BCUT2D eigenvalue weighted by Crippen LogP contribution is -2.28. The van der Waals surface area contributed by atoms with Crippen LogP contribution in [0.25, 0.3) is 0 Å². The largest absolute Gasteiger partial charge is 0.506 e. The number of anilines is 1. The zero-order valence-corrected chi connectivity index (χ0v) is 10.1. The Morgan fingerprint density at radius 2 is 1.79 bits per heavy atom. The second-order valence-corrected chi connectivity index (χ2v) is 3.95. The molecule has 0 aliphatic carbocycles. The second-order valence-electron chi connectivity index (χ2n) is 3.95. The summed E-state index contributed by atoms with van der Waals surface area (Å²) in [5.74, 6) is -0.318. The number of amides is 2. The van der Waals surface area contributed by atoms with E-state index in [4.69, 9.17) is 0 Å². The van der Waals surface area contributed by atoms with Crippen LogP contribution < -0.4 is 10.6 Å². The molecule has 5 heteroatoms. The molecule has 4 nitrogen and oxygen atoms in total. The number of rotatable bonds is 3. The number of urea groups is 1. The third-order valence-corrected chi connectivity index (χ3v) is 2.52. The van der Waals surface area contributed by atoms with Crippen molar-refractivity contribution in [3.05, 3.63) is 59.9 Å². The third kappa shape index (κ3) is 3.70. The minimum absolute atomic E-state index is 0.000526. The summed E-state index contributed by atoms with van der Waals surface area (Å²) in [6.45, 7) is 0.277. The van der Waals surface area contributed by atoms with Gasteiger partial charge >= 0.3 is 6.03 Å². The Labute approximate surface area is 109 Å². The number of aromatic hydroxyl groups is 1. The zero-order chi connectivity index (χ0) is 13.7. The van der Waals surface area contributed by atoms with E-state index in [0.717, 1.165) is 5.56 Å². The molecule has 0 radical (unpaired) electrons. The van der Waals surface area contributed by atoms with E-state index in [2.05, 4.69) is 10.6 Å². The van der Waals surface area contributed by atoms with Crippen LogP contribution in [0, 0.1) is 5.82 Å². The first-order chi connectivity index (χ1) is 9.15. The van der Waals surface area contributed by atoms with Gasteiger partial charge in [-0.2, -0.15) is 0 Å². The first-order valence-electron chi connectivity index (χ1n) is 5.72. The standard InChI is InChI=1S/C14H13FN2O2/c15-11-7-5-10(6-8-11)9-16-14(19)17-12-3-1-2-4-13(12)18/h1-8,18H,9H2,(H2,16,17,19). The maximum absolute atomic E-state index is 12.7. The summed E-state index contributed by atoms with van der Waals surface area (Å²) in [5, 5.41) is 14.6. The SMILES string of the molecule is O=C(NCc1ccc(F)cc1)Nc1ccccc1O. The van der Waals surface area contributed by atoms with Gasteiger partial charge in [-0.25, -0.2) is 9.18 Å². The summed E-state index contributed by atoms with van der Waals surface area (Å²) in [4.78, 5) is 11.6. The van der Waals surface area contributed by atoms with Gasteiger partial charge in [0.25, 0.3) is 0 Å². The topological polar surface area (TPSA) is 61.4 Å². The van der Waals surface area contributed by atoms with Crippen LogP contribution in [0.3, 0.4) is 0 Å². The molecular formula is C14H13FN2O2. The monoisotopic (exact) mass is 260 g/mol. The van der Waals surface area contributed by atoms with Gasteiger partial charge in [-0.15, -0.1) is 0 Å². The number of hydrogen-bond donors (Lipinski definition) is 3. The van der Waals surface area contributed by atoms with E-state index < -0.39 is 6.03 Å². The van der Waals surface area contributed by atoms with Crippen molar-refractivity contribution in [2.45, 2.75) is 6.54 Å². The molecule has 3 N–H and O–H groups in total. The number of phenols is 1. The molecule has 2 aromatic rings. The van der Waals surface area contributed by atoms with Crippen LogP contribution in [-0.2, 0) is 6.54 Å². The average Bonchev–Trinajstić information content (AvgIpc) is 2.41. The Balaban J connectivity index is 1.88. The van der Waals surface area contributed by atoms with Crippen molar-refractivity contribution in [3.63, 3.8) is 0 Å². The highest BCUT2D eigenvalue weighted by Gasteiger charge is 2.04. The van der Waals surface area contributed by atoms with Crippen LogP contribution in [0.1, 0.15) is 5.56 Å². The third-order valence-electron chi connectivity index (χ3n) is 2.52. The highest BCUT2D eigenvalue weighted by Crippen LogP contribution is 2.21. The maximum atomic E-state index is 12.7. The van der Waals surface area contributed by atoms with Crippen LogP contribution in [0.4, 0.5) is 14.9 Å². The Kier molecular flexibility index (Phi) is 3.97. The summed E-state index contributed by atoms with van der Waals surface area (Å²) in [6.07, 6.45) is 0. The van der Waals surface area contributed by atoms with Gasteiger partial charge < -0.3 is 15.7 Å². The summed E-state index contributed by atoms with van der Waals surface area (Å²) in [7, 11) is 0. The van der Waals surface area contributed by atoms with Crippen molar-refractivity contribution in [2.75, 3.05) is 5.32 Å². The summed E-state index contributed by atoms with van der Waals surface area (Å²) in [6, 6.07) is 11.8. The smallest absolute Gasteiger partial charge is 0.319 e. The predicted octanol–water partition coefficient (Wildman–Crippen LogP) is 2.85. The molecule has 2 rings (SSSR count). The van der Waals surface area contributed by atoms with E-state index in [1.54, 1.807) is 30.3 Å². The Hall–Kier alpha value is -2.56. The van der Waals surface area contributed by atoms with Gasteiger partial charge in [-0.05, 0) is 29.8 Å². The lowest BCUT2D eigenvalue weighted by Gasteiger charge is -2.08. The first kappa shape index (κ1) is 12.9. The summed E-state index contributed by atoms with van der Waals surface area (Å²) < 4.78 is 12.7. The minimum Gasteiger partial charge on any atom is -0.506 e. The Morgan fingerprint density at radius 3 is 2.47 bits per heavy atom. The van der Waals surface area contributed by atoms with E-state index in [-0.39, 0.29) is 18.1 Å². The molecule has 0 fully saturated rings. The number of carbonyl (C=O) groups is 1. The Morgan fingerprint density at radius 1 is 1.11 bits per heavy atom. The fourth-order valence-corrected chi connectivity index (χ4v) is 1.53. The number of nitrogens with one attached hydrogen (secondary N) is 2. The van der Waals surface area contributed by atoms with Crippen LogP contribution in [0.15, 0.2) is 48.5 Å². The molecule has 0 unspecified atom stereocenters. The van der Waals surface area contributed by atoms with Gasteiger partial charge in [-0.1, -0.05) is 24.3 Å². The lowest BCUT2D eigenvalue weighted by atomic mass is 10.2. The van der Waals surface area contributed by atoms with Gasteiger partial charge in [0, 0.05) is 6.54 Å². The molecule has 19 heavy (non-hydrogen) atoms. The lowest BCUT2D eigenvalue weighted by molar-refractivity contribution is 0.251. The number of carbonyl (C=O) groups excluding carboxylic acids is 1. The molecule has 0 bridgehead atoms. The number of phenolic OH excluding ortho intramolecular Hbond substituents is 1. The van der Waals surface area contributed by atoms with Crippen molar-refractivity contribution in [2.24, 2.45) is 0 Å². The van der Waals surface area contributed by atoms with Crippen LogP contribution in [0.5, 0.6) is 5.75 Å². The molecule has 0 aromatic heterocycles. The molecule has 2 amide bonds. The minimum atomic E-state index is -0.439. The van der Waals surface area contributed by atoms with Gasteiger partial charge in [0.05, 0.1) is 5.69 Å². The maximum Gasteiger partial charge on any atom is 0.319 e. The van der Waals surface area contributed by atoms with Crippen molar-refractivity contribution in [1.82, 2.24) is 5.32 Å². The van der Waals surface area contributed by atoms with Crippen LogP contribution in [0.2, 0.25) is 0 Å². The molecule has 98 valence electrons. The van der Waals surface area contributed by atoms with Gasteiger partial charge in [-0.3, -0.25) is 0 Å².